The summed E-state index contributed by atoms with van der Waals surface area (Å²) in [7, 11) is 0. The van der Waals surface area contributed by atoms with Gasteiger partial charge in [0.05, 0.1) is 17.7 Å². The molecular weight excluding hydrogens is 294 g/mol. The van der Waals surface area contributed by atoms with E-state index in [1.54, 1.807) is 0 Å². The summed E-state index contributed by atoms with van der Waals surface area (Å²) < 4.78 is 56.4. The number of hydrogen-bond donors (Lipinski definition) is 2. The van der Waals surface area contributed by atoms with Crippen molar-refractivity contribution in [2.45, 2.75) is 18.2 Å². The largest absolute Gasteiger partial charge is 0.419 e. The van der Waals surface area contributed by atoms with Gasteiger partial charge in [0.1, 0.15) is 11.4 Å². The van der Waals surface area contributed by atoms with Crippen LogP contribution in [-0.4, -0.2) is 36.4 Å². The van der Waals surface area contributed by atoms with Crippen molar-refractivity contribution in [2.75, 3.05) is 19.8 Å². The van der Waals surface area contributed by atoms with Crippen LogP contribution in [0.15, 0.2) is 18.2 Å². The number of halogens is 4. The topological polar surface area (TPSA) is 58.6 Å². The van der Waals surface area contributed by atoms with Gasteiger partial charge in [-0.2, -0.15) is 13.2 Å². The minimum Gasteiger partial charge on any atom is -0.386 e. The molecule has 0 spiro atoms. The minimum atomic E-state index is -4.88. The molecule has 0 radical (unpaired) electrons. The van der Waals surface area contributed by atoms with Gasteiger partial charge in [-0.25, -0.2) is 4.39 Å². The highest BCUT2D eigenvalue weighted by molar-refractivity contribution is 5.94. The van der Waals surface area contributed by atoms with Crippen LogP contribution in [0.2, 0.25) is 0 Å². The van der Waals surface area contributed by atoms with Gasteiger partial charge in [-0.15, -0.1) is 0 Å². The Balaban J connectivity index is 2.13. The zero-order valence-corrected chi connectivity index (χ0v) is 10.8. The number of carbonyl (C=O) groups excluding carboxylic acids is 1. The van der Waals surface area contributed by atoms with E-state index in [0.717, 1.165) is 12.1 Å². The molecule has 1 aliphatic rings. The van der Waals surface area contributed by atoms with Gasteiger partial charge < -0.3 is 15.2 Å². The fraction of sp³-hybridized carbons (Fsp3) is 0.462. The molecule has 1 unspecified atom stereocenters. The summed E-state index contributed by atoms with van der Waals surface area (Å²) >= 11 is 0. The summed E-state index contributed by atoms with van der Waals surface area (Å²) in [6.07, 6.45) is -4.59. The molecule has 8 heteroatoms. The highest BCUT2D eigenvalue weighted by Gasteiger charge is 2.36. The summed E-state index contributed by atoms with van der Waals surface area (Å²) in [6.45, 7) is 0.115. The van der Waals surface area contributed by atoms with E-state index in [2.05, 4.69) is 5.32 Å². The van der Waals surface area contributed by atoms with Crippen molar-refractivity contribution < 1.29 is 32.2 Å². The maximum absolute atomic E-state index is 13.7. The van der Waals surface area contributed by atoms with Crippen molar-refractivity contribution in [3.8, 4) is 0 Å². The molecule has 1 atom stereocenters. The highest BCUT2D eigenvalue weighted by atomic mass is 19.4. The molecule has 0 bridgehead atoms. The van der Waals surface area contributed by atoms with Crippen LogP contribution in [-0.2, 0) is 10.9 Å². The second kappa shape index (κ2) is 5.61. The standard InChI is InChI=1S/C13H13F4NO3/c14-10-8(2-1-3-9(10)13(15,16)17)11(19)18-6-12(20)4-5-21-7-12/h1-3,20H,4-7H2,(H,18,19). The SMILES string of the molecule is O=C(NCC1(O)CCOC1)c1cccc(C(F)(F)F)c1F. The van der Waals surface area contributed by atoms with E-state index in [1.165, 1.54) is 0 Å². The third-order valence-electron chi connectivity index (χ3n) is 3.21. The summed E-state index contributed by atoms with van der Waals surface area (Å²) in [4.78, 5) is 11.8. The molecular formula is C13H13F4NO3. The first-order valence-corrected chi connectivity index (χ1v) is 6.17. The lowest BCUT2D eigenvalue weighted by atomic mass is 10.0. The molecule has 2 N–H and O–H groups in total. The monoisotopic (exact) mass is 307 g/mol. The van der Waals surface area contributed by atoms with E-state index in [1.807, 2.05) is 0 Å². The van der Waals surface area contributed by atoms with Gasteiger partial charge in [0.15, 0.2) is 0 Å². The summed E-state index contributed by atoms with van der Waals surface area (Å²) in [6, 6.07) is 2.47. The number of ether oxygens (including phenoxy) is 1. The number of rotatable bonds is 3. The lowest BCUT2D eigenvalue weighted by Crippen LogP contribution is -2.43. The number of nitrogens with one attached hydrogen (secondary N) is 1. The Kier molecular flexibility index (Phi) is 4.20. The number of alkyl halides is 3. The van der Waals surface area contributed by atoms with Crippen molar-refractivity contribution in [3.05, 3.63) is 35.1 Å². The summed E-state index contributed by atoms with van der Waals surface area (Å²) in [5.41, 5.74) is -3.49. The van der Waals surface area contributed by atoms with Crippen LogP contribution in [0, 0.1) is 5.82 Å². The second-order valence-electron chi connectivity index (χ2n) is 4.87. The third-order valence-corrected chi connectivity index (χ3v) is 3.21. The Morgan fingerprint density at radius 2 is 2.14 bits per heavy atom. The molecule has 1 saturated heterocycles. The molecule has 4 nitrogen and oxygen atoms in total. The minimum absolute atomic E-state index is 0.0123. The molecule has 1 heterocycles. The first kappa shape index (κ1) is 15.7. The Bertz CT molecular complexity index is 539. The van der Waals surface area contributed by atoms with E-state index in [-0.39, 0.29) is 13.2 Å². The molecule has 0 aliphatic carbocycles. The number of aliphatic hydroxyl groups is 1. The van der Waals surface area contributed by atoms with Crippen LogP contribution in [0.3, 0.4) is 0 Å². The van der Waals surface area contributed by atoms with Crippen LogP contribution in [0.5, 0.6) is 0 Å². The first-order valence-electron chi connectivity index (χ1n) is 6.17. The molecule has 1 fully saturated rings. The predicted octanol–water partition coefficient (Wildman–Crippen LogP) is 1.73. The predicted molar refractivity (Wildman–Crippen MR) is 64.1 cm³/mol. The van der Waals surface area contributed by atoms with Gasteiger partial charge >= 0.3 is 6.18 Å². The van der Waals surface area contributed by atoms with Crippen LogP contribution < -0.4 is 5.32 Å². The average molecular weight is 307 g/mol. The van der Waals surface area contributed by atoms with Gasteiger partial charge in [-0.05, 0) is 12.1 Å². The van der Waals surface area contributed by atoms with Gasteiger partial charge in [-0.3, -0.25) is 4.79 Å². The van der Waals surface area contributed by atoms with E-state index >= 15 is 0 Å². The van der Waals surface area contributed by atoms with Gasteiger partial charge in [0.2, 0.25) is 0 Å². The smallest absolute Gasteiger partial charge is 0.386 e. The molecule has 1 aromatic rings. The molecule has 0 aromatic heterocycles. The van der Waals surface area contributed by atoms with E-state index < -0.39 is 34.6 Å². The fourth-order valence-electron chi connectivity index (χ4n) is 2.00. The Morgan fingerprint density at radius 3 is 2.71 bits per heavy atom. The number of hydrogen-bond acceptors (Lipinski definition) is 3. The maximum Gasteiger partial charge on any atom is 0.419 e. The van der Waals surface area contributed by atoms with E-state index in [9.17, 15) is 27.5 Å². The van der Waals surface area contributed by atoms with Crippen molar-refractivity contribution >= 4 is 5.91 Å². The van der Waals surface area contributed by atoms with Crippen molar-refractivity contribution in [2.24, 2.45) is 0 Å². The molecule has 2 rings (SSSR count). The summed E-state index contributed by atoms with van der Waals surface area (Å²) in [5.74, 6) is -2.64. The molecule has 0 saturated carbocycles. The van der Waals surface area contributed by atoms with Gasteiger partial charge in [0, 0.05) is 19.6 Å². The van der Waals surface area contributed by atoms with Gasteiger partial charge in [-0.1, -0.05) is 6.07 Å². The molecule has 1 amide bonds. The lowest BCUT2D eigenvalue weighted by Gasteiger charge is -2.20. The number of carbonyl (C=O) groups is 1. The molecule has 21 heavy (non-hydrogen) atoms. The maximum atomic E-state index is 13.7. The van der Waals surface area contributed by atoms with E-state index in [4.69, 9.17) is 4.74 Å². The van der Waals surface area contributed by atoms with E-state index in [0.29, 0.717) is 19.1 Å². The van der Waals surface area contributed by atoms with Gasteiger partial charge in [0.25, 0.3) is 5.91 Å². The third kappa shape index (κ3) is 3.51. The molecule has 1 aliphatic heterocycles. The van der Waals surface area contributed by atoms with Crippen LogP contribution in [0.25, 0.3) is 0 Å². The van der Waals surface area contributed by atoms with Crippen molar-refractivity contribution in [1.82, 2.24) is 5.32 Å². The first-order chi connectivity index (χ1) is 9.73. The Morgan fingerprint density at radius 1 is 1.43 bits per heavy atom. The molecule has 1 aromatic carbocycles. The second-order valence-corrected chi connectivity index (χ2v) is 4.87. The number of benzene rings is 1. The molecule has 116 valence electrons. The fourth-order valence-corrected chi connectivity index (χ4v) is 2.00. The van der Waals surface area contributed by atoms with Crippen molar-refractivity contribution in [1.29, 1.82) is 0 Å². The normalized spacial score (nSPS) is 22.3. The van der Waals surface area contributed by atoms with Crippen LogP contribution >= 0.6 is 0 Å². The Labute approximate surface area is 117 Å². The quantitative estimate of drug-likeness (QED) is 0.836. The van der Waals surface area contributed by atoms with Crippen LogP contribution in [0.1, 0.15) is 22.3 Å². The van der Waals surface area contributed by atoms with Crippen molar-refractivity contribution in [3.63, 3.8) is 0 Å². The summed E-state index contributed by atoms with van der Waals surface area (Å²) in [5, 5.41) is 12.2. The Hall–Kier alpha value is -1.67. The lowest BCUT2D eigenvalue weighted by molar-refractivity contribution is -0.140. The van der Waals surface area contributed by atoms with Crippen LogP contribution in [0.4, 0.5) is 17.6 Å². The highest BCUT2D eigenvalue weighted by Crippen LogP contribution is 2.32. The number of amides is 1. The zero-order chi connectivity index (χ0) is 15.7. The zero-order valence-electron chi connectivity index (χ0n) is 10.8. The average Bonchev–Trinajstić information content (AvgIpc) is 2.82.